The van der Waals surface area contributed by atoms with Gasteiger partial charge in [0.05, 0.1) is 12.5 Å². The summed E-state index contributed by atoms with van der Waals surface area (Å²) in [4.78, 5) is 6.33. The predicted molar refractivity (Wildman–Crippen MR) is 64.0 cm³/mol. The van der Waals surface area contributed by atoms with Crippen molar-refractivity contribution in [2.24, 2.45) is 0 Å². The summed E-state index contributed by atoms with van der Waals surface area (Å²) < 4.78 is 26.7. The lowest BCUT2D eigenvalue weighted by molar-refractivity contribution is 0.296. The number of rotatable bonds is 3. The molecule has 6 nitrogen and oxygen atoms in total. The minimum absolute atomic E-state index is 0.0699. The fourth-order valence-electron chi connectivity index (χ4n) is 2.14. The quantitative estimate of drug-likeness (QED) is 0.723. The molecule has 0 bridgehead atoms. The standard InChI is InChI=1S/C10H18N4O2S/c1-7-3-4-9(8(2)13-7)14-17(15,16)10-5-11-6-12-10/h5-9,13-14H,3-4H2,1-2H3,(H,11,12). The van der Waals surface area contributed by atoms with Crippen molar-refractivity contribution in [1.29, 1.82) is 0 Å². The van der Waals surface area contributed by atoms with Crippen LogP contribution in [0.2, 0.25) is 0 Å². The van der Waals surface area contributed by atoms with Crippen LogP contribution in [-0.4, -0.2) is 36.5 Å². The third-order valence-electron chi connectivity index (χ3n) is 3.13. The summed E-state index contributed by atoms with van der Waals surface area (Å²) in [6.45, 7) is 4.10. The molecule has 1 aromatic heterocycles. The first-order valence-corrected chi connectivity index (χ1v) is 7.24. The molecule has 1 aromatic rings. The Kier molecular flexibility index (Phi) is 3.50. The van der Waals surface area contributed by atoms with Crippen LogP contribution in [0.15, 0.2) is 17.6 Å². The third kappa shape index (κ3) is 2.85. The Hall–Kier alpha value is -0.920. The zero-order valence-corrected chi connectivity index (χ0v) is 10.8. The monoisotopic (exact) mass is 258 g/mol. The minimum atomic E-state index is -3.48. The van der Waals surface area contributed by atoms with Gasteiger partial charge in [0.1, 0.15) is 0 Å². The van der Waals surface area contributed by atoms with Gasteiger partial charge in [0.25, 0.3) is 10.0 Å². The van der Waals surface area contributed by atoms with Gasteiger partial charge in [-0.1, -0.05) is 0 Å². The maximum absolute atomic E-state index is 12.0. The van der Waals surface area contributed by atoms with Crippen molar-refractivity contribution in [3.63, 3.8) is 0 Å². The number of aromatic amines is 1. The summed E-state index contributed by atoms with van der Waals surface area (Å²) in [5.41, 5.74) is 0. The number of imidazole rings is 1. The number of sulfonamides is 1. The summed E-state index contributed by atoms with van der Waals surface area (Å²) in [5.74, 6) is 0. The van der Waals surface area contributed by atoms with E-state index in [0.29, 0.717) is 6.04 Å². The molecule has 17 heavy (non-hydrogen) atoms. The molecule has 0 aromatic carbocycles. The highest BCUT2D eigenvalue weighted by molar-refractivity contribution is 7.89. The van der Waals surface area contributed by atoms with Crippen LogP contribution in [0.3, 0.4) is 0 Å². The number of piperidine rings is 1. The summed E-state index contributed by atoms with van der Waals surface area (Å²) in [7, 11) is -3.48. The van der Waals surface area contributed by atoms with E-state index in [1.54, 1.807) is 0 Å². The molecule has 2 rings (SSSR count). The van der Waals surface area contributed by atoms with E-state index in [9.17, 15) is 8.42 Å². The Labute approximate surface area is 101 Å². The molecule has 1 saturated heterocycles. The Morgan fingerprint density at radius 1 is 1.41 bits per heavy atom. The molecule has 3 unspecified atom stereocenters. The molecule has 0 spiro atoms. The van der Waals surface area contributed by atoms with Gasteiger partial charge in [-0.2, -0.15) is 0 Å². The second-order valence-corrected chi connectivity index (χ2v) is 6.26. The normalized spacial score (nSPS) is 30.4. The zero-order chi connectivity index (χ0) is 12.5. The number of H-pyrrole nitrogens is 1. The van der Waals surface area contributed by atoms with Crippen molar-refractivity contribution in [2.45, 2.75) is 49.8 Å². The second-order valence-electron chi connectivity index (χ2n) is 4.58. The summed E-state index contributed by atoms with van der Waals surface area (Å²) in [6.07, 6.45) is 4.49. The fraction of sp³-hybridized carbons (Fsp3) is 0.700. The average molecular weight is 258 g/mol. The van der Waals surface area contributed by atoms with Gasteiger partial charge in [-0.15, -0.1) is 0 Å². The highest BCUT2D eigenvalue weighted by Gasteiger charge is 2.29. The van der Waals surface area contributed by atoms with Gasteiger partial charge in [0.15, 0.2) is 5.03 Å². The van der Waals surface area contributed by atoms with E-state index in [4.69, 9.17) is 0 Å². The van der Waals surface area contributed by atoms with E-state index in [-0.39, 0.29) is 17.1 Å². The predicted octanol–water partition coefficient (Wildman–Crippen LogP) is 0.217. The molecule has 0 saturated carbocycles. The first-order chi connectivity index (χ1) is 7.99. The van der Waals surface area contributed by atoms with Crippen LogP contribution in [0, 0.1) is 0 Å². The lowest BCUT2D eigenvalue weighted by Crippen LogP contribution is -2.54. The van der Waals surface area contributed by atoms with Gasteiger partial charge >= 0.3 is 0 Å². The van der Waals surface area contributed by atoms with Crippen LogP contribution in [0.5, 0.6) is 0 Å². The second kappa shape index (κ2) is 4.75. The summed E-state index contributed by atoms with van der Waals surface area (Å²) in [6, 6.07) is 0.508. The van der Waals surface area contributed by atoms with E-state index in [0.717, 1.165) is 12.8 Å². The van der Waals surface area contributed by atoms with Crippen LogP contribution in [0.25, 0.3) is 0 Å². The van der Waals surface area contributed by atoms with Crippen molar-refractivity contribution in [3.05, 3.63) is 12.5 Å². The van der Waals surface area contributed by atoms with Gasteiger partial charge in [-0.3, -0.25) is 0 Å². The molecule has 0 radical (unpaired) electrons. The van der Waals surface area contributed by atoms with Crippen LogP contribution in [0.1, 0.15) is 26.7 Å². The smallest absolute Gasteiger partial charge is 0.257 e. The molecule has 3 N–H and O–H groups in total. The van der Waals surface area contributed by atoms with E-state index < -0.39 is 10.0 Å². The first-order valence-electron chi connectivity index (χ1n) is 5.76. The van der Waals surface area contributed by atoms with Gasteiger partial charge in [0, 0.05) is 18.1 Å². The summed E-state index contributed by atoms with van der Waals surface area (Å²) in [5, 5.41) is 3.46. The number of aromatic nitrogens is 2. The van der Waals surface area contributed by atoms with Crippen LogP contribution < -0.4 is 10.0 Å². The maximum atomic E-state index is 12.0. The van der Waals surface area contributed by atoms with E-state index in [1.165, 1.54) is 12.5 Å². The molecule has 2 heterocycles. The SMILES string of the molecule is CC1CCC(NS(=O)(=O)c2cnc[nH]2)C(C)N1. The van der Waals surface area contributed by atoms with Crippen LogP contribution in [-0.2, 0) is 10.0 Å². The van der Waals surface area contributed by atoms with Gasteiger partial charge in [0.2, 0.25) is 0 Å². The molecular formula is C10H18N4O2S. The van der Waals surface area contributed by atoms with Crippen molar-refractivity contribution in [1.82, 2.24) is 20.0 Å². The Bertz CT molecular complexity index is 457. The Morgan fingerprint density at radius 2 is 2.18 bits per heavy atom. The molecule has 3 atom stereocenters. The van der Waals surface area contributed by atoms with Gasteiger partial charge in [-0.05, 0) is 26.7 Å². The topological polar surface area (TPSA) is 86.9 Å². The highest BCUT2D eigenvalue weighted by atomic mass is 32.2. The molecular weight excluding hydrogens is 240 g/mol. The molecule has 1 fully saturated rings. The lowest BCUT2D eigenvalue weighted by atomic mass is 9.96. The minimum Gasteiger partial charge on any atom is -0.335 e. The van der Waals surface area contributed by atoms with Crippen molar-refractivity contribution < 1.29 is 8.42 Å². The molecule has 1 aliphatic rings. The van der Waals surface area contributed by atoms with E-state index in [2.05, 4.69) is 26.9 Å². The fourth-order valence-corrected chi connectivity index (χ4v) is 3.40. The molecule has 96 valence electrons. The van der Waals surface area contributed by atoms with Crippen LogP contribution in [0.4, 0.5) is 0 Å². The van der Waals surface area contributed by atoms with Gasteiger partial charge < -0.3 is 10.3 Å². The van der Waals surface area contributed by atoms with E-state index >= 15 is 0 Å². The third-order valence-corrected chi connectivity index (χ3v) is 4.55. The van der Waals surface area contributed by atoms with Gasteiger partial charge in [-0.25, -0.2) is 18.1 Å². The van der Waals surface area contributed by atoms with Crippen molar-refractivity contribution >= 4 is 10.0 Å². The molecule has 0 aliphatic carbocycles. The summed E-state index contributed by atoms with van der Waals surface area (Å²) >= 11 is 0. The van der Waals surface area contributed by atoms with Crippen LogP contribution >= 0.6 is 0 Å². The number of nitrogens with one attached hydrogen (secondary N) is 3. The number of hydrogen-bond donors (Lipinski definition) is 3. The molecule has 0 amide bonds. The Balaban J connectivity index is 2.06. The lowest BCUT2D eigenvalue weighted by Gasteiger charge is -2.34. The van der Waals surface area contributed by atoms with E-state index in [1.807, 2.05) is 6.92 Å². The Morgan fingerprint density at radius 3 is 2.76 bits per heavy atom. The average Bonchev–Trinajstić information content (AvgIpc) is 2.76. The molecule has 7 heteroatoms. The first kappa shape index (κ1) is 12.5. The highest BCUT2D eigenvalue weighted by Crippen LogP contribution is 2.15. The number of hydrogen-bond acceptors (Lipinski definition) is 4. The molecule has 1 aliphatic heterocycles. The largest absolute Gasteiger partial charge is 0.335 e. The number of nitrogens with zero attached hydrogens (tertiary/aromatic N) is 1. The van der Waals surface area contributed by atoms with Crippen molar-refractivity contribution in [3.8, 4) is 0 Å². The van der Waals surface area contributed by atoms with Crippen molar-refractivity contribution in [2.75, 3.05) is 0 Å². The maximum Gasteiger partial charge on any atom is 0.257 e. The zero-order valence-electron chi connectivity index (χ0n) is 9.97.